The van der Waals surface area contributed by atoms with Crippen LogP contribution in [0.15, 0.2) is 190 Å². The fourth-order valence-electron chi connectivity index (χ4n) is 10.2. The van der Waals surface area contributed by atoms with Crippen molar-refractivity contribution in [2.75, 3.05) is 0 Å². The van der Waals surface area contributed by atoms with Gasteiger partial charge in [0.1, 0.15) is 11.6 Å². The van der Waals surface area contributed by atoms with Crippen molar-refractivity contribution in [3.05, 3.63) is 212 Å². The van der Waals surface area contributed by atoms with Crippen LogP contribution in [-0.4, -0.2) is 39.5 Å². The Bertz CT molecular complexity index is 3170. The first-order valence-electron chi connectivity index (χ1n) is 30.9. The van der Waals surface area contributed by atoms with Crippen molar-refractivity contribution in [3.8, 4) is 0 Å². The summed E-state index contributed by atoms with van der Waals surface area (Å²) in [7, 11) is 0. The van der Waals surface area contributed by atoms with Crippen molar-refractivity contribution >= 4 is 89.0 Å². The maximum atomic E-state index is 12.2. The number of hydrogen-bond donors (Lipinski definition) is 3. The van der Waals surface area contributed by atoms with Crippen molar-refractivity contribution in [2.45, 2.75) is 168 Å². The SMILES string of the molecule is C=C(CCCCCCC(=O)NO)c1ccc2ccccc2c1.C=C(CCCCCCC(=O)O)c1ccc2ccccc2c1.C=C(CCCCCCC(C)=O)c1ccc2ccccc2c1.CC(=O)CCCCCCC(=O)c1ccc2ccccc2c1. The number of nitrogens with one attached hydrogen (secondary N) is 1. The summed E-state index contributed by atoms with van der Waals surface area (Å²) in [6.07, 6.45) is 21.9. The molecule has 1 amide bonds. The van der Waals surface area contributed by atoms with E-state index < -0.39 is 5.97 Å². The van der Waals surface area contributed by atoms with Gasteiger partial charge in [-0.05, 0) is 185 Å². The van der Waals surface area contributed by atoms with E-state index in [2.05, 4.69) is 141 Å². The number of Topliss-reactive ketones (excluding diaryl/α,β-unsaturated/α-hetero) is 3. The lowest BCUT2D eigenvalue weighted by Crippen LogP contribution is -2.17. The van der Waals surface area contributed by atoms with E-state index in [9.17, 15) is 24.0 Å². The van der Waals surface area contributed by atoms with E-state index in [1.54, 1.807) is 19.3 Å². The number of ketones is 3. The first-order chi connectivity index (χ1) is 41.2. The lowest BCUT2D eigenvalue weighted by molar-refractivity contribution is -0.137. The molecule has 0 saturated heterocycles. The van der Waals surface area contributed by atoms with Crippen molar-refractivity contribution in [1.29, 1.82) is 0 Å². The summed E-state index contributed by atoms with van der Waals surface area (Å²) < 4.78 is 0. The summed E-state index contributed by atoms with van der Waals surface area (Å²) in [5.74, 6) is -0.235. The number of carboxylic acid groups (broad SMARTS) is 1. The minimum atomic E-state index is -0.699. The molecule has 0 aliphatic rings. The van der Waals surface area contributed by atoms with Crippen LogP contribution in [0.4, 0.5) is 0 Å². The highest BCUT2D eigenvalue weighted by molar-refractivity contribution is 6.00. The number of benzene rings is 8. The maximum Gasteiger partial charge on any atom is 0.303 e. The second-order valence-corrected chi connectivity index (χ2v) is 22.5. The molecule has 0 fully saturated rings. The van der Waals surface area contributed by atoms with E-state index in [4.69, 9.17) is 10.3 Å². The average molecular weight is 1140 g/mol. The zero-order chi connectivity index (χ0) is 61.0. The number of amides is 1. The molecule has 0 spiro atoms. The number of aliphatic carboxylic acids is 1. The van der Waals surface area contributed by atoms with Gasteiger partial charge in [0.25, 0.3) is 0 Å². The van der Waals surface area contributed by atoms with Gasteiger partial charge >= 0.3 is 5.97 Å². The first-order valence-corrected chi connectivity index (χ1v) is 30.9. The zero-order valence-electron chi connectivity index (χ0n) is 50.7. The Kier molecular flexibility index (Phi) is 30.8. The topological polar surface area (TPSA) is 138 Å². The minimum Gasteiger partial charge on any atom is -0.481 e. The van der Waals surface area contributed by atoms with E-state index in [0.29, 0.717) is 25.0 Å². The fourth-order valence-corrected chi connectivity index (χ4v) is 10.2. The molecule has 0 radical (unpaired) electrons. The van der Waals surface area contributed by atoms with Crippen LogP contribution in [0, 0.1) is 0 Å². The van der Waals surface area contributed by atoms with Crippen molar-refractivity contribution in [2.24, 2.45) is 0 Å². The highest BCUT2D eigenvalue weighted by Crippen LogP contribution is 2.28. The minimum absolute atomic E-state index is 0.215. The van der Waals surface area contributed by atoms with Crippen LogP contribution in [0.5, 0.6) is 0 Å². The van der Waals surface area contributed by atoms with Crippen LogP contribution in [-0.2, 0) is 19.2 Å². The predicted octanol–water partition coefficient (Wildman–Crippen LogP) is 20.7. The zero-order valence-corrected chi connectivity index (χ0v) is 50.7. The molecule has 8 aromatic rings. The van der Waals surface area contributed by atoms with Crippen LogP contribution < -0.4 is 5.48 Å². The third-order valence-electron chi connectivity index (χ3n) is 15.4. The number of hydroxylamine groups is 1. The summed E-state index contributed by atoms with van der Waals surface area (Å²) in [6, 6.07) is 58.6. The number of hydrogen-bond acceptors (Lipinski definition) is 6. The number of allylic oxidation sites excluding steroid dienone is 3. The number of carbonyl (C=O) groups excluding carboxylic acids is 4. The highest BCUT2D eigenvalue weighted by Gasteiger charge is 2.09. The van der Waals surface area contributed by atoms with Crippen LogP contribution in [0.25, 0.3) is 59.8 Å². The molecule has 8 heteroatoms. The Labute approximate surface area is 506 Å². The van der Waals surface area contributed by atoms with E-state index in [1.165, 1.54) is 77.5 Å². The first kappa shape index (κ1) is 67.7. The van der Waals surface area contributed by atoms with Crippen LogP contribution in [0.3, 0.4) is 0 Å². The van der Waals surface area contributed by atoms with Gasteiger partial charge in [-0.1, -0.05) is 217 Å². The Morgan fingerprint density at radius 2 is 0.576 bits per heavy atom. The molecule has 0 aliphatic heterocycles. The van der Waals surface area contributed by atoms with Gasteiger partial charge in [-0.3, -0.25) is 19.6 Å². The summed E-state index contributed by atoms with van der Waals surface area (Å²) in [4.78, 5) is 55.1. The third-order valence-corrected chi connectivity index (χ3v) is 15.4. The molecule has 0 aliphatic carbocycles. The Morgan fingerprint density at radius 1 is 0.318 bits per heavy atom. The molecule has 85 heavy (non-hydrogen) atoms. The Balaban J connectivity index is 0.000000207. The molecule has 0 heterocycles. The van der Waals surface area contributed by atoms with Gasteiger partial charge < -0.3 is 14.7 Å². The molecule has 3 N–H and O–H groups in total. The molecular formula is C77H91NO7. The second-order valence-electron chi connectivity index (χ2n) is 22.5. The van der Waals surface area contributed by atoms with Gasteiger partial charge in [-0.2, -0.15) is 0 Å². The van der Waals surface area contributed by atoms with Crippen LogP contribution in [0.1, 0.15) is 195 Å². The van der Waals surface area contributed by atoms with Crippen LogP contribution in [0.2, 0.25) is 0 Å². The monoisotopic (exact) mass is 1140 g/mol. The number of carboxylic acids is 1. The standard InChI is InChI=1S/C20H24O.C19H23NO2.2C19H22O2/c1-16(9-5-3-4-6-10-17(2)21)19-14-13-18-11-7-8-12-20(18)15-19;1-15(8-4-2-3-5-11-19(21)20-22)17-13-12-16-9-6-7-10-18(16)14-17;1-15(8-4-2-3-5-11-19(20)21)17-13-12-16-9-6-7-10-18(16)14-17;1-15(20)8-4-2-3-5-11-19(21)18-13-12-16-9-6-7-10-17(16)14-18/h7-8,11-15H,1,3-6,9-10H2,2H3;6-7,9-10,12-14,22H,1-5,8,11H2,(H,20,21);6-7,9-10,12-14H,1-5,8,11H2,(H,20,21);6-7,9-10,12-14H,2-5,8,11H2,1H3. The van der Waals surface area contributed by atoms with Crippen molar-refractivity contribution < 1.29 is 34.3 Å². The van der Waals surface area contributed by atoms with Crippen molar-refractivity contribution in [1.82, 2.24) is 5.48 Å². The van der Waals surface area contributed by atoms with Gasteiger partial charge in [0.15, 0.2) is 5.78 Å². The number of unbranched alkanes of at least 4 members (excludes halogenated alkanes) is 12. The predicted molar refractivity (Wildman–Crippen MR) is 357 cm³/mol. The summed E-state index contributed by atoms with van der Waals surface area (Å²) in [6.45, 7) is 15.9. The number of fused-ring (bicyclic) bond motifs is 4. The molecule has 0 unspecified atom stereocenters. The molecular weight excluding hydrogens is 1050 g/mol. The molecule has 0 bridgehead atoms. The van der Waals surface area contributed by atoms with Gasteiger partial charge in [0.2, 0.25) is 5.91 Å². The quantitative estimate of drug-likeness (QED) is 0.0165. The largest absolute Gasteiger partial charge is 0.481 e. The normalized spacial score (nSPS) is 10.7. The van der Waals surface area contributed by atoms with Crippen molar-refractivity contribution in [3.63, 3.8) is 0 Å². The molecule has 0 saturated carbocycles. The fraction of sp³-hybridized carbons (Fsp3) is 0.338. The van der Waals surface area contributed by atoms with Gasteiger partial charge in [-0.15, -0.1) is 0 Å². The smallest absolute Gasteiger partial charge is 0.303 e. The van der Waals surface area contributed by atoms with E-state index in [0.717, 1.165) is 133 Å². The molecule has 8 aromatic carbocycles. The van der Waals surface area contributed by atoms with Gasteiger partial charge in [-0.25, -0.2) is 5.48 Å². The van der Waals surface area contributed by atoms with E-state index >= 15 is 0 Å². The lowest BCUT2D eigenvalue weighted by atomic mass is 9.98. The Hall–Kier alpha value is -8.07. The molecule has 8 nitrogen and oxygen atoms in total. The van der Waals surface area contributed by atoms with E-state index in [-0.39, 0.29) is 23.9 Å². The number of carbonyl (C=O) groups is 5. The molecule has 0 atom stereocenters. The summed E-state index contributed by atoms with van der Waals surface area (Å²) in [5, 5.41) is 26.8. The lowest BCUT2D eigenvalue weighted by Gasteiger charge is -2.07. The third kappa shape index (κ3) is 26.2. The summed E-state index contributed by atoms with van der Waals surface area (Å²) >= 11 is 0. The summed E-state index contributed by atoms with van der Waals surface area (Å²) in [5.41, 5.74) is 9.67. The Morgan fingerprint density at radius 3 is 0.882 bits per heavy atom. The molecule has 0 aromatic heterocycles. The second kappa shape index (κ2) is 38.7. The van der Waals surface area contributed by atoms with Gasteiger partial charge in [0, 0.05) is 37.7 Å². The molecule has 8 rings (SSSR count). The number of rotatable bonds is 32. The van der Waals surface area contributed by atoms with E-state index in [1.807, 2.05) is 48.5 Å². The van der Waals surface area contributed by atoms with Crippen LogP contribution >= 0.6 is 0 Å². The van der Waals surface area contributed by atoms with Gasteiger partial charge in [0.05, 0.1) is 0 Å². The maximum absolute atomic E-state index is 12.2. The molecule has 446 valence electrons. The highest BCUT2D eigenvalue weighted by atomic mass is 16.5. The average Bonchev–Trinajstić information content (AvgIpc) is 3.55.